The fourth-order valence-corrected chi connectivity index (χ4v) is 2.07. The van der Waals surface area contributed by atoms with Gasteiger partial charge in [0, 0.05) is 5.69 Å². The van der Waals surface area contributed by atoms with Crippen molar-refractivity contribution in [3.05, 3.63) is 23.0 Å². The predicted octanol–water partition coefficient (Wildman–Crippen LogP) is 2.37. The standard InChI is InChI=1S/C11H15NO2/c13-11(14)10-7-8-5-3-1-2-4-6-9(8)12-10/h7,12H,1-6H2,(H,13,14). The molecular weight excluding hydrogens is 178 g/mol. The largest absolute Gasteiger partial charge is 0.477 e. The van der Waals surface area contributed by atoms with Crippen LogP contribution in [-0.4, -0.2) is 16.1 Å². The molecule has 0 aromatic carbocycles. The van der Waals surface area contributed by atoms with Gasteiger partial charge in [-0.15, -0.1) is 0 Å². The van der Waals surface area contributed by atoms with E-state index in [1.165, 1.54) is 31.2 Å². The van der Waals surface area contributed by atoms with Gasteiger partial charge in [-0.2, -0.15) is 0 Å². The van der Waals surface area contributed by atoms with Gasteiger partial charge in [-0.05, 0) is 37.3 Å². The number of aromatic carboxylic acids is 1. The molecule has 76 valence electrons. The first kappa shape index (κ1) is 9.31. The first-order valence-corrected chi connectivity index (χ1v) is 5.21. The van der Waals surface area contributed by atoms with E-state index in [1.54, 1.807) is 6.07 Å². The Labute approximate surface area is 83.1 Å². The van der Waals surface area contributed by atoms with Crippen molar-refractivity contribution in [2.75, 3.05) is 0 Å². The van der Waals surface area contributed by atoms with Crippen LogP contribution in [0.2, 0.25) is 0 Å². The summed E-state index contributed by atoms with van der Waals surface area (Å²) in [6.45, 7) is 0. The van der Waals surface area contributed by atoms with Crippen LogP contribution in [0.1, 0.15) is 47.4 Å². The Morgan fingerprint density at radius 3 is 2.64 bits per heavy atom. The Morgan fingerprint density at radius 1 is 1.21 bits per heavy atom. The first-order valence-electron chi connectivity index (χ1n) is 5.21. The molecule has 0 spiro atoms. The molecule has 0 fully saturated rings. The number of H-pyrrole nitrogens is 1. The Hall–Kier alpha value is -1.25. The lowest BCUT2D eigenvalue weighted by Gasteiger charge is -2.08. The van der Waals surface area contributed by atoms with Crippen molar-refractivity contribution in [1.29, 1.82) is 0 Å². The van der Waals surface area contributed by atoms with Crippen LogP contribution < -0.4 is 0 Å². The average molecular weight is 193 g/mol. The van der Waals surface area contributed by atoms with E-state index >= 15 is 0 Å². The summed E-state index contributed by atoms with van der Waals surface area (Å²) in [5, 5.41) is 8.84. The van der Waals surface area contributed by atoms with Crippen molar-refractivity contribution >= 4 is 5.97 Å². The van der Waals surface area contributed by atoms with Gasteiger partial charge >= 0.3 is 5.97 Å². The second kappa shape index (κ2) is 3.86. The molecule has 0 amide bonds. The number of aromatic amines is 1. The predicted molar refractivity (Wildman–Crippen MR) is 53.6 cm³/mol. The highest BCUT2D eigenvalue weighted by molar-refractivity contribution is 5.86. The van der Waals surface area contributed by atoms with E-state index in [1.807, 2.05) is 0 Å². The molecule has 1 aliphatic rings. The summed E-state index contributed by atoms with van der Waals surface area (Å²) in [6, 6.07) is 1.79. The summed E-state index contributed by atoms with van der Waals surface area (Å²) in [4.78, 5) is 13.8. The van der Waals surface area contributed by atoms with Crippen molar-refractivity contribution < 1.29 is 9.90 Å². The van der Waals surface area contributed by atoms with Crippen molar-refractivity contribution in [3.8, 4) is 0 Å². The van der Waals surface area contributed by atoms with Crippen LogP contribution in [0.15, 0.2) is 6.07 Å². The highest BCUT2D eigenvalue weighted by Crippen LogP contribution is 2.20. The molecule has 2 rings (SSSR count). The minimum absolute atomic E-state index is 0.344. The zero-order chi connectivity index (χ0) is 9.97. The number of fused-ring (bicyclic) bond motifs is 1. The molecule has 1 aromatic heterocycles. The van der Waals surface area contributed by atoms with Crippen molar-refractivity contribution in [2.45, 2.75) is 38.5 Å². The number of rotatable bonds is 1. The summed E-state index contributed by atoms with van der Waals surface area (Å²) < 4.78 is 0. The maximum atomic E-state index is 10.8. The van der Waals surface area contributed by atoms with E-state index in [2.05, 4.69) is 4.98 Å². The van der Waals surface area contributed by atoms with E-state index in [-0.39, 0.29) is 0 Å². The quantitative estimate of drug-likeness (QED) is 0.719. The second-order valence-electron chi connectivity index (χ2n) is 3.91. The summed E-state index contributed by atoms with van der Waals surface area (Å²) in [5.74, 6) is -0.850. The summed E-state index contributed by atoms with van der Waals surface area (Å²) in [6.07, 6.45) is 6.92. The van der Waals surface area contributed by atoms with Crippen molar-refractivity contribution in [3.63, 3.8) is 0 Å². The molecule has 0 aliphatic heterocycles. The number of hydrogen-bond acceptors (Lipinski definition) is 1. The van der Waals surface area contributed by atoms with Gasteiger partial charge in [-0.25, -0.2) is 4.79 Å². The van der Waals surface area contributed by atoms with Gasteiger partial charge < -0.3 is 10.1 Å². The van der Waals surface area contributed by atoms with Gasteiger partial charge in [0.2, 0.25) is 0 Å². The summed E-state index contributed by atoms with van der Waals surface area (Å²) in [7, 11) is 0. The van der Waals surface area contributed by atoms with Crippen LogP contribution in [0.25, 0.3) is 0 Å². The fraction of sp³-hybridized carbons (Fsp3) is 0.545. The Morgan fingerprint density at radius 2 is 1.93 bits per heavy atom. The van der Waals surface area contributed by atoms with Gasteiger partial charge in [-0.1, -0.05) is 12.8 Å². The molecule has 0 radical (unpaired) electrons. The summed E-state index contributed by atoms with van der Waals surface area (Å²) >= 11 is 0. The number of carbonyl (C=O) groups is 1. The Balaban J connectivity index is 2.27. The van der Waals surface area contributed by atoms with E-state index in [9.17, 15) is 4.79 Å². The zero-order valence-electron chi connectivity index (χ0n) is 8.18. The molecule has 0 bridgehead atoms. The number of nitrogens with one attached hydrogen (secondary N) is 1. The fourth-order valence-electron chi connectivity index (χ4n) is 2.07. The Kier molecular flexibility index (Phi) is 2.57. The first-order chi connectivity index (χ1) is 6.77. The molecular formula is C11H15NO2. The maximum Gasteiger partial charge on any atom is 0.352 e. The molecule has 0 atom stereocenters. The highest BCUT2D eigenvalue weighted by Gasteiger charge is 2.13. The SMILES string of the molecule is O=C(O)c1cc2c([nH]1)CCCCCC2. The normalized spacial score (nSPS) is 16.9. The third-order valence-corrected chi connectivity index (χ3v) is 2.85. The summed E-state index contributed by atoms with van der Waals surface area (Å²) in [5.41, 5.74) is 2.70. The second-order valence-corrected chi connectivity index (χ2v) is 3.91. The smallest absolute Gasteiger partial charge is 0.352 e. The number of carboxylic acid groups (broad SMARTS) is 1. The topological polar surface area (TPSA) is 53.1 Å². The average Bonchev–Trinajstić information content (AvgIpc) is 2.48. The van der Waals surface area contributed by atoms with E-state index in [0.717, 1.165) is 18.5 Å². The Bertz CT molecular complexity index is 316. The van der Waals surface area contributed by atoms with Gasteiger partial charge in [0.15, 0.2) is 0 Å². The van der Waals surface area contributed by atoms with E-state index in [4.69, 9.17) is 5.11 Å². The van der Waals surface area contributed by atoms with Crippen LogP contribution in [0.3, 0.4) is 0 Å². The lowest BCUT2D eigenvalue weighted by molar-refractivity contribution is 0.0691. The van der Waals surface area contributed by atoms with Crippen molar-refractivity contribution in [1.82, 2.24) is 4.98 Å². The lowest BCUT2D eigenvalue weighted by atomic mass is 9.99. The molecule has 1 aliphatic carbocycles. The zero-order valence-corrected chi connectivity index (χ0v) is 8.18. The minimum Gasteiger partial charge on any atom is -0.477 e. The molecule has 0 unspecified atom stereocenters. The van der Waals surface area contributed by atoms with Gasteiger partial charge in [0.25, 0.3) is 0 Å². The minimum atomic E-state index is -0.850. The molecule has 3 nitrogen and oxygen atoms in total. The molecule has 0 saturated carbocycles. The number of carboxylic acids is 1. The molecule has 2 N–H and O–H groups in total. The molecule has 0 saturated heterocycles. The molecule has 1 heterocycles. The van der Waals surface area contributed by atoms with Crippen molar-refractivity contribution in [2.24, 2.45) is 0 Å². The number of aryl methyl sites for hydroxylation is 2. The maximum absolute atomic E-state index is 10.8. The van der Waals surface area contributed by atoms with Crippen LogP contribution in [0.5, 0.6) is 0 Å². The van der Waals surface area contributed by atoms with E-state index < -0.39 is 5.97 Å². The number of hydrogen-bond donors (Lipinski definition) is 2. The lowest BCUT2D eigenvalue weighted by Crippen LogP contribution is -1.98. The monoisotopic (exact) mass is 193 g/mol. The van der Waals surface area contributed by atoms with Gasteiger partial charge in [0.05, 0.1) is 0 Å². The molecule has 1 aromatic rings. The van der Waals surface area contributed by atoms with Gasteiger partial charge in [-0.3, -0.25) is 0 Å². The van der Waals surface area contributed by atoms with Crippen LogP contribution in [-0.2, 0) is 12.8 Å². The highest BCUT2D eigenvalue weighted by atomic mass is 16.4. The van der Waals surface area contributed by atoms with Crippen LogP contribution in [0, 0.1) is 0 Å². The third kappa shape index (κ3) is 1.81. The number of aromatic nitrogens is 1. The van der Waals surface area contributed by atoms with Gasteiger partial charge in [0.1, 0.15) is 5.69 Å². The van der Waals surface area contributed by atoms with E-state index in [0.29, 0.717) is 5.69 Å². The van der Waals surface area contributed by atoms with Crippen LogP contribution >= 0.6 is 0 Å². The molecule has 14 heavy (non-hydrogen) atoms. The molecule has 3 heteroatoms. The van der Waals surface area contributed by atoms with Crippen LogP contribution in [0.4, 0.5) is 0 Å². The third-order valence-electron chi connectivity index (χ3n) is 2.85.